The Morgan fingerprint density at radius 3 is 2.61 bits per heavy atom. The molecular weight excluding hydrogens is 280 g/mol. The lowest BCUT2D eigenvalue weighted by Crippen LogP contribution is -2.45. The number of nitriles is 1. The summed E-state index contributed by atoms with van der Waals surface area (Å²) >= 11 is 0. The first-order chi connectivity index (χ1) is 8.24. The fraction of sp³-hybridized carbons (Fsp3) is 0.875. The van der Waals surface area contributed by atoms with Crippen LogP contribution in [-0.2, 0) is 20.2 Å². The van der Waals surface area contributed by atoms with E-state index in [1.54, 1.807) is 6.07 Å². The number of nitrogens with one attached hydrogen (secondary N) is 1. The maximum absolute atomic E-state index is 11.7. The van der Waals surface area contributed by atoms with Crippen LogP contribution in [0, 0.1) is 17.2 Å². The van der Waals surface area contributed by atoms with E-state index in [-0.39, 0.29) is 19.0 Å². The maximum atomic E-state index is 11.7. The molecule has 1 heterocycles. The lowest BCUT2D eigenvalue weighted by Gasteiger charge is -2.31. The molecule has 10 heteroatoms. The molecule has 0 aliphatic carbocycles. The van der Waals surface area contributed by atoms with Gasteiger partial charge in [0.05, 0.1) is 6.07 Å². The van der Waals surface area contributed by atoms with E-state index in [0.29, 0.717) is 13.0 Å². The zero-order valence-corrected chi connectivity index (χ0v) is 11.4. The Morgan fingerprint density at radius 2 is 2.06 bits per heavy atom. The van der Waals surface area contributed by atoms with E-state index in [4.69, 9.17) is 10.4 Å². The van der Waals surface area contributed by atoms with Crippen molar-refractivity contribution in [3.8, 4) is 6.07 Å². The highest BCUT2D eigenvalue weighted by Gasteiger charge is 2.28. The minimum absolute atomic E-state index is 0.109. The van der Waals surface area contributed by atoms with Crippen LogP contribution >= 0.6 is 0 Å². The predicted molar refractivity (Wildman–Crippen MR) is 64.8 cm³/mol. The van der Waals surface area contributed by atoms with E-state index in [9.17, 15) is 16.8 Å². The number of rotatable bonds is 5. The maximum Gasteiger partial charge on any atom is 0.274 e. The van der Waals surface area contributed by atoms with Gasteiger partial charge in [-0.3, -0.25) is 0 Å². The van der Waals surface area contributed by atoms with Gasteiger partial charge in [0.1, 0.15) is 0 Å². The van der Waals surface area contributed by atoms with Gasteiger partial charge in [-0.25, -0.2) is 22.6 Å². The summed E-state index contributed by atoms with van der Waals surface area (Å²) in [6, 6.07) is 1.62. The summed E-state index contributed by atoms with van der Waals surface area (Å²) in [4.78, 5) is 0. The van der Waals surface area contributed by atoms with Crippen LogP contribution in [0.15, 0.2) is 0 Å². The number of hydrogen-bond donors (Lipinski definition) is 2. The van der Waals surface area contributed by atoms with Crippen molar-refractivity contribution in [3.05, 3.63) is 0 Å². The fourth-order valence-electron chi connectivity index (χ4n) is 1.85. The normalized spacial score (nSPS) is 22.6. The summed E-state index contributed by atoms with van der Waals surface area (Å²) in [5, 5.41) is 13.3. The quantitative estimate of drug-likeness (QED) is 0.626. The summed E-state index contributed by atoms with van der Waals surface area (Å²) in [6.07, 6.45) is 1.36. The third-order valence-electron chi connectivity index (χ3n) is 2.70. The van der Waals surface area contributed by atoms with E-state index in [1.165, 1.54) is 4.31 Å². The molecule has 0 amide bonds. The Hall–Kier alpha value is -0.730. The standard InChI is InChI=1S/C8H16N4O4S2/c9-3-5-17(13,14)12-4-1-2-8(7-12)6-11-18(10,15)16/h8,11H,1-2,4-7H2,(H2,10,15,16). The third-order valence-corrected chi connectivity index (χ3v) is 4.88. The van der Waals surface area contributed by atoms with Crippen molar-refractivity contribution < 1.29 is 16.8 Å². The molecule has 1 aliphatic rings. The summed E-state index contributed by atoms with van der Waals surface area (Å²) in [5.41, 5.74) is 0. The number of piperidine rings is 1. The lowest BCUT2D eigenvalue weighted by molar-refractivity contribution is 0.268. The van der Waals surface area contributed by atoms with Gasteiger partial charge >= 0.3 is 0 Å². The zero-order chi connectivity index (χ0) is 13.8. The van der Waals surface area contributed by atoms with Gasteiger partial charge < -0.3 is 0 Å². The van der Waals surface area contributed by atoms with Gasteiger partial charge in [0, 0.05) is 19.6 Å². The molecule has 18 heavy (non-hydrogen) atoms. The number of nitrogens with zero attached hydrogens (tertiary/aromatic N) is 2. The van der Waals surface area contributed by atoms with Crippen LogP contribution in [0.1, 0.15) is 12.8 Å². The Bertz CT molecular complexity index is 522. The zero-order valence-electron chi connectivity index (χ0n) is 9.74. The Balaban J connectivity index is 2.60. The van der Waals surface area contributed by atoms with Gasteiger partial charge in [0.15, 0.2) is 5.75 Å². The average molecular weight is 296 g/mol. The SMILES string of the molecule is N#CCS(=O)(=O)N1CCCC(CNS(N)(=O)=O)C1. The first-order valence-electron chi connectivity index (χ1n) is 5.37. The summed E-state index contributed by atoms with van der Waals surface area (Å²) in [7, 11) is -7.31. The molecular formula is C8H16N4O4S2. The molecule has 3 N–H and O–H groups in total. The molecule has 1 saturated heterocycles. The van der Waals surface area contributed by atoms with E-state index >= 15 is 0 Å². The van der Waals surface area contributed by atoms with Crippen molar-refractivity contribution in [2.24, 2.45) is 11.1 Å². The molecule has 1 atom stereocenters. The summed E-state index contributed by atoms with van der Waals surface area (Å²) in [5.74, 6) is -0.673. The lowest BCUT2D eigenvalue weighted by atomic mass is 10.0. The third kappa shape index (κ3) is 4.87. The fourth-order valence-corrected chi connectivity index (χ4v) is 3.51. The van der Waals surface area contributed by atoms with E-state index < -0.39 is 26.0 Å². The van der Waals surface area contributed by atoms with Crippen molar-refractivity contribution in [1.29, 1.82) is 5.26 Å². The second-order valence-corrected chi connectivity index (χ2v) is 7.52. The molecule has 8 nitrogen and oxygen atoms in total. The van der Waals surface area contributed by atoms with Gasteiger partial charge in [-0.15, -0.1) is 0 Å². The van der Waals surface area contributed by atoms with E-state index in [1.807, 2.05) is 0 Å². The molecule has 104 valence electrons. The second-order valence-electron chi connectivity index (χ2n) is 4.17. The molecule has 0 bridgehead atoms. The van der Waals surface area contributed by atoms with Crippen molar-refractivity contribution in [1.82, 2.24) is 9.03 Å². The average Bonchev–Trinajstić information content (AvgIpc) is 2.26. The van der Waals surface area contributed by atoms with Crippen molar-refractivity contribution in [3.63, 3.8) is 0 Å². The summed E-state index contributed by atoms with van der Waals surface area (Å²) < 4.78 is 48.2. The first kappa shape index (κ1) is 15.3. The molecule has 0 radical (unpaired) electrons. The molecule has 0 spiro atoms. The van der Waals surface area contributed by atoms with E-state index in [2.05, 4.69) is 4.72 Å². The van der Waals surface area contributed by atoms with Crippen molar-refractivity contribution >= 4 is 20.2 Å². The highest BCUT2D eigenvalue weighted by Crippen LogP contribution is 2.18. The van der Waals surface area contributed by atoms with Crippen LogP contribution < -0.4 is 9.86 Å². The number of hydrogen-bond acceptors (Lipinski definition) is 5. The highest BCUT2D eigenvalue weighted by molar-refractivity contribution is 7.89. The molecule has 0 aromatic heterocycles. The number of sulfonamides is 1. The molecule has 1 rings (SSSR count). The van der Waals surface area contributed by atoms with Gasteiger partial charge in [0.25, 0.3) is 10.2 Å². The van der Waals surface area contributed by atoms with Crippen LogP contribution in [-0.4, -0.2) is 46.5 Å². The van der Waals surface area contributed by atoms with Gasteiger partial charge in [-0.05, 0) is 18.8 Å². The largest absolute Gasteiger partial charge is 0.274 e. The molecule has 0 aromatic carbocycles. The second kappa shape index (κ2) is 5.94. The first-order valence-corrected chi connectivity index (χ1v) is 8.52. The van der Waals surface area contributed by atoms with Crippen LogP contribution in [0.4, 0.5) is 0 Å². The number of nitrogens with two attached hydrogens (primary N) is 1. The van der Waals surface area contributed by atoms with E-state index in [0.717, 1.165) is 6.42 Å². The Labute approximate surface area is 107 Å². The molecule has 1 unspecified atom stereocenters. The van der Waals surface area contributed by atoms with Gasteiger partial charge in [-0.1, -0.05) is 0 Å². The topological polar surface area (TPSA) is 133 Å². The molecule has 1 aliphatic heterocycles. The van der Waals surface area contributed by atoms with Crippen LogP contribution in [0.3, 0.4) is 0 Å². The predicted octanol–water partition coefficient (Wildman–Crippen LogP) is -1.66. The summed E-state index contributed by atoms with van der Waals surface area (Å²) in [6.45, 7) is 0.694. The Kier molecular flexibility index (Phi) is 5.06. The monoisotopic (exact) mass is 296 g/mol. The van der Waals surface area contributed by atoms with Gasteiger partial charge in [-0.2, -0.15) is 13.7 Å². The molecule has 0 aromatic rings. The van der Waals surface area contributed by atoms with Crippen molar-refractivity contribution in [2.45, 2.75) is 12.8 Å². The van der Waals surface area contributed by atoms with Crippen LogP contribution in [0.25, 0.3) is 0 Å². The van der Waals surface area contributed by atoms with Gasteiger partial charge in [0.2, 0.25) is 10.0 Å². The minimum atomic E-state index is -3.76. The molecule has 1 fully saturated rings. The smallest absolute Gasteiger partial charge is 0.216 e. The molecule has 0 saturated carbocycles. The van der Waals surface area contributed by atoms with Crippen LogP contribution in [0.2, 0.25) is 0 Å². The highest BCUT2D eigenvalue weighted by atomic mass is 32.2. The van der Waals surface area contributed by atoms with Crippen molar-refractivity contribution in [2.75, 3.05) is 25.4 Å². The minimum Gasteiger partial charge on any atom is -0.216 e. The van der Waals surface area contributed by atoms with Crippen LogP contribution in [0.5, 0.6) is 0 Å². The Morgan fingerprint density at radius 1 is 1.39 bits per heavy atom.